The SMILES string of the molecule is CCOC(=O)C1=C(COC(=O)C2CCN(C(=O)C3CC3)CC2)NC(=O)NC1c1ccco1. The highest BCUT2D eigenvalue weighted by molar-refractivity contribution is 5.95. The number of hydrogen-bond acceptors (Lipinski definition) is 7. The van der Waals surface area contributed by atoms with E-state index in [0.717, 1.165) is 12.8 Å². The predicted molar refractivity (Wildman–Crippen MR) is 110 cm³/mol. The fraction of sp³-hybridized carbons (Fsp3) is 0.545. The van der Waals surface area contributed by atoms with Gasteiger partial charge in [0.25, 0.3) is 0 Å². The average molecular weight is 445 g/mol. The molecule has 1 aromatic rings. The van der Waals surface area contributed by atoms with Crippen LogP contribution in [0.15, 0.2) is 34.1 Å². The van der Waals surface area contributed by atoms with Crippen LogP contribution in [0, 0.1) is 11.8 Å². The Balaban J connectivity index is 1.42. The first-order valence-corrected chi connectivity index (χ1v) is 10.9. The monoisotopic (exact) mass is 445 g/mol. The molecule has 0 bridgehead atoms. The lowest BCUT2D eigenvalue weighted by Crippen LogP contribution is -2.47. The van der Waals surface area contributed by atoms with E-state index < -0.39 is 24.0 Å². The molecule has 1 atom stereocenters. The maximum Gasteiger partial charge on any atom is 0.338 e. The maximum atomic E-state index is 12.6. The molecule has 2 aliphatic heterocycles. The zero-order valence-electron chi connectivity index (χ0n) is 17.9. The minimum Gasteiger partial charge on any atom is -0.467 e. The number of carbonyl (C=O) groups is 4. The third kappa shape index (κ3) is 4.79. The van der Waals surface area contributed by atoms with Crippen molar-refractivity contribution in [1.82, 2.24) is 15.5 Å². The van der Waals surface area contributed by atoms with Crippen molar-refractivity contribution in [2.24, 2.45) is 11.8 Å². The normalized spacial score (nSPS) is 21.6. The Hall–Kier alpha value is -3.30. The number of rotatable bonds is 7. The number of carbonyl (C=O) groups excluding carboxylic acids is 4. The van der Waals surface area contributed by atoms with Crippen molar-refractivity contribution in [1.29, 1.82) is 0 Å². The Morgan fingerprint density at radius 1 is 1.12 bits per heavy atom. The van der Waals surface area contributed by atoms with Crippen molar-refractivity contribution in [2.45, 2.75) is 38.6 Å². The summed E-state index contributed by atoms with van der Waals surface area (Å²) in [5.41, 5.74) is 0.280. The highest BCUT2D eigenvalue weighted by atomic mass is 16.5. The van der Waals surface area contributed by atoms with Gasteiger partial charge in [-0.25, -0.2) is 9.59 Å². The van der Waals surface area contributed by atoms with Gasteiger partial charge in [-0.3, -0.25) is 9.59 Å². The molecule has 2 fully saturated rings. The molecule has 0 radical (unpaired) electrons. The molecule has 10 nitrogen and oxygen atoms in total. The van der Waals surface area contributed by atoms with Crippen LogP contribution in [0.4, 0.5) is 4.79 Å². The van der Waals surface area contributed by atoms with Crippen molar-refractivity contribution in [2.75, 3.05) is 26.3 Å². The summed E-state index contributed by atoms with van der Waals surface area (Å²) in [6.45, 7) is 2.61. The van der Waals surface area contributed by atoms with Crippen LogP contribution in [-0.4, -0.2) is 55.1 Å². The van der Waals surface area contributed by atoms with Gasteiger partial charge in [0.1, 0.15) is 18.4 Å². The predicted octanol–water partition coefficient (Wildman–Crippen LogP) is 1.64. The topological polar surface area (TPSA) is 127 Å². The van der Waals surface area contributed by atoms with Crippen LogP contribution in [0.25, 0.3) is 0 Å². The van der Waals surface area contributed by atoms with Crippen molar-refractivity contribution >= 4 is 23.9 Å². The van der Waals surface area contributed by atoms with Gasteiger partial charge in [0, 0.05) is 19.0 Å². The molecular weight excluding hydrogens is 418 g/mol. The van der Waals surface area contributed by atoms with E-state index >= 15 is 0 Å². The number of nitrogens with zero attached hydrogens (tertiary/aromatic N) is 1. The smallest absolute Gasteiger partial charge is 0.338 e. The highest BCUT2D eigenvalue weighted by Gasteiger charge is 2.38. The highest BCUT2D eigenvalue weighted by Crippen LogP contribution is 2.33. The van der Waals surface area contributed by atoms with Gasteiger partial charge in [0.05, 0.1) is 30.1 Å². The molecule has 2 N–H and O–H groups in total. The lowest BCUT2D eigenvalue weighted by molar-refractivity contribution is -0.151. The summed E-state index contributed by atoms with van der Waals surface area (Å²) in [4.78, 5) is 51.5. The maximum absolute atomic E-state index is 12.6. The molecule has 1 saturated heterocycles. The minimum atomic E-state index is -0.858. The van der Waals surface area contributed by atoms with Crippen LogP contribution < -0.4 is 10.6 Å². The molecular formula is C22H27N3O7. The van der Waals surface area contributed by atoms with Gasteiger partial charge in [-0.05, 0) is 44.7 Å². The Bertz CT molecular complexity index is 912. The molecule has 1 aliphatic carbocycles. The molecule has 0 aromatic carbocycles. The lowest BCUT2D eigenvalue weighted by atomic mass is 9.96. The first-order chi connectivity index (χ1) is 15.5. The number of furan rings is 1. The van der Waals surface area contributed by atoms with Gasteiger partial charge in [0.15, 0.2) is 0 Å². The standard InChI is InChI=1S/C22H27N3O7/c1-2-30-21(28)17-15(23-22(29)24-18(17)16-4-3-11-31-16)12-32-20(27)14-7-9-25(10-8-14)19(26)13-5-6-13/h3-4,11,13-14,18H,2,5-10,12H2,1H3,(H2,23,24,29). The van der Waals surface area contributed by atoms with Gasteiger partial charge in [-0.15, -0.1) is 0 Å². The van der Waals surface area contributed by atoms with Crippen LogP contribution in [0.3, 0.4) is 0 Å². The van der Waals surface area contributed by atoms with E-state index in [1.54, 1.807) is 19.1 Å². The largest absolute Gasteiger partial charge is 0.467 e. The molecule has 4 rings (SSSR count). The number of esters is 2. The summed E-state index contributed by atoms with van der Waals surface area (Å²) in [7, 11) is 0. The van der Waals surface area contributed by atoms with E-state index in [2.05, 4.69) is 10.6 Å². The first-order valence-electron chi connectivity index (χ1n) is 10.9. The van der Waals surface area contributed by atoms with E-state index in [1.165, 1.54) is 6.26 Å². The Kier molecular flexibility index (Phi) is 6.48. The molecule has 3 amide bonds. The van der Waals surface area contributed by atoms with Gasteiger partial charge in [0.2, 0.25) is 5.91 Å². The zero-order valence-corrected chi connectivity index (χ0v) is 17.9. The number of urea groups is 1. The molecule has 172 valence electrons. The third-order valence-electron chi connectivity index (χ3n) is 5.90. The Morgan fingerprint density at radius 2 is 1.88 bits per heavy atom. The van der Waals surface area contributed by atoms with Gasteiger partial charge in [-0.1, -0.05) is 0 Å². The number of ether oxygens (including phenoxy) is 2. The van der Waals surface area contributed by atoms with Crippen LogP contribution in [0.2, 0.25) is 0 Å². The van der Waals surface area contributed by atoms with Crippen molar-refractivity contribution in [3.63, 3.8) is 0 Å². The summed E-state index contributed by atoms with van der Waals surface area (Å²) in [6.07, 6.45) is 4.41. The second-order valence-electron chi connectivity index (χ2n) is 8.14. The summed E-state index contributed by atoms with van der Waals surface area (Å²) < 4.78 is 16.0. The molecule has 10 heteroatoms. The van der Waals surface area contributed by atoms with E-state index in [0.29, 0.717) is 31.7 Å². The summed E-state index contributed by atoms with van der Waals surface area (Å²) in [5, 5.41) is 5.19. The van der Waals surface area contributed by atoms with Crippen molar-refractivity contribution < 1.29 is 33.1 Å². The van der Waals surface area contributed by atoms with Gasteiger partial charge in [-0.2, -0.15) is 0 Å². The molecule has 3 heterocycles. The van der Waals surface area contributed by atoms with Crippen LogP contribution in [0.1, 0.15) is 44.4 Å². The number of piperidine rings is 1. The van der Waals surface area contributed by atoms with Crippen LogP contribution in [-0.2, 0) is 23.9 Å². The molecule has 0 spiro atoms. The van der Waals surface area contributed by atoms with E-state index in [4.69, 9.17) is 13.9 Å². The first kappa shape index (κ1) is 21.9. The minimum absolute atomic E-state index is 0.124. The number of nitrogens with one attached hydrogen (secondary N) is 2. The van der Waals surface area contributed by atoms with Crippen molar-refractivity contribution in [3.05, 3.63) is 35.4 Å². The summed E-state index contributed by atoms with van der Waals surface area (Å²) >= 11 is 0. The quantitative estimate of drug-likeness (QED) is 0.611. The fourth-order valence-corrected chi connectivity index (χ4v) is 4.04. The third-order valence-corrected chi connectivity index (χ3v) is 5.90. The fourth-order valence-electron chi connectivity index (χ4n) is 4.04. The molecule has 1 unspecified atom stereocenters. The summed E-state index contributed by atoms with van der Waals surface area (Å²) in [6, 6.07) is 1.88. The molecule has 3 aliphatic rings. The lowest BCUT2D eigenvalue weighted by Gasteiger charge is -2.31. The number of hydrogen-bond donors (Lipinski definition) is 2. The van der Waals surface area contributed by atoms with Crippen LogP contribution >= 0.6 is 0 Å². The van der Waals surface area contributed by atoms with E-state index in [-0.39, 0.29) is 42.2 Å². The Labute approximate surface area is 185 Å². The Morgan fingerprint density at radius 3 is 2.50 bits per heavy atom. The van der Waals surface area contributed by atoms with Gasteiger partial charge < -0.3 is 29.4 Å². The average Bonchev–Trinajstić information content (AvgIpc) is 3.50. The molecule has 32 heavy (non-hydrogen) atoms. The second-order valence-corrected chi connectivity index (χ2v) is 8.14. The van der Waals surface area contributed by atoms with Crippen molar-refractivity contribution in [3.8, 4) is 0 Å². The zero-order chi connectivity index (χ0) is 22.7. The number of likely N-dealkylation sites (tertiary alicyclic amines) is 1. The van der Waals surface area contributed by atoms with Crippen LogP contribution in [0.5, 0.6) is 0 Å². The second kappa shape index (κ2) is 9.46. The summed E-state index contributed by atoms with van der Waals surface area (Å²) in [5.74, 6) is -0.677. The molecule has 1 saturated carbocycles. The molecule has 1 aromatic heterocycles. The van der Waals surface area contributed by atoms with E-state index in [1.807, 2.05) is 4.90 Å². The number of amides is 3. The van der Waals surface area contributed by atoms with E-state index in [9.17, 15) is 19.2 Å². The van der Waals surface area contributed by atoms with Gasteiger partial charge >= 0.3 is 18.0 Å².